The van der Waals surface area contributed by atoms with E-state index >= 15 is 0 Å². The first-order chi connectivity index (χ1) is 8.82. The summed E-state index contributed by atoms with van der Waals surface area (Å²) in [6.07, 6.45) is 4.08. The van der Waals surface area contributed by atoms with Crippen LogP contribution in [0.1, 0.15) is 26.7 Å². The van der Waals surface area contributed by atoms with Crippen LogP contribution in [0.5, 0.6) is 0 Å². The fourth-order valence-electron chi connectivity index (χ4n) is 2.10. The standard InChI is InChI=1S/C11H17N3O4S/c1-3-5-13-7-9(12-8-13)19(17,18)14-6-4-11(14,2)10(15)16/h7-8H,3-6H2,1-2H3,(H,15,16). The van der Waals surface area contributed by atoms with Crippen LogP contribution in [-0.2, 0) is 21.4 Å². The van der Waals surface area contributed by atoms with Crippen molar-refractivity contribution >= 4 is 16.0 Å². The van der Waals surface area contributed by atoms with Gasteiger partial charge in [-0.3, -0.25) is 4.79 Å². The van der Waals surface area contributed by atoms with Gasteiger partial charge in [-0.15, -0.1) is 0 Å². The number of sulfonamides is 1. The van der Waals surface area contributed by atoms with Crippen molar-refractivity contribution in [2.45, 2.75) is 43.8 Å². The Labute approximate surface area is 111 Å². The molecule has 1 aromatic rings. The summed E-state index contributed by atoms with van der Waals surface area (Å²) in [7, 11) is -3.83. The Kier molecular flexibility index (Phi) is 3.40. The number of carboxylic acid groups (broad SMARTS) is 1. The van der Waals surface area contributed by atoms with E-state index in [4.69, 9.17) is 5.11 Å². The molecule has 1 aliphatic heterocycles. The highest BCUT2D eigenvalue weighted by Crippen LogP contribution is 2.35. The first-order valence-corrected chi connectivity index (χ1v) is 7.54. The average Bonchev–Trinajstić information content (AvgIpc) is 2.75. The van der Waals surface area contributed by atoms with Crippen molar-refractivity contribution in [1.29, 1.82) is 0 Å². The minimum atomic E-state index is -3.83. The van der Waals surface area contributed by atoms with Crippen molar-refractivity contribution in [2.24, 2.45) is 0 Å². The Balaban J connectivity index is 2.30. The van der Waals surface area contributed by atoms with E-state index in [9.17, 15) is 13.2 Å². The number of aromatic nitrogens is 2. The Morgan fingerprint density at radius 1 is 1.58 bits per heavy atom. The number of nitrogens with zero attached hydrogens (tertiary/aromatic N) is 3. The summed E-state index contributed by atoms with van der Waals surface area (Å²) < 4.78 is 27.4. The van der Waals surface area contributed by atoms with Crippen LogP contribution in [0.15, 0.2) is 17.6 Å². The molecule has 1 atom stereocenters. The number of hydrogen-bond donors (Lipinski definition) is 1. The van der Waals surface area contributed by atoms with E-state index in [0.29, 0.717) is 13.0 Å². The molecule has 0 aliphatic carbocycles. The molecule has 2 heterocycles. The van der Waals surface area contributed by atoms with Crippen LogP contribution in [0.2, 0.25) is 0 Å². The first-order valence-electron chi connectivity index (χ1n) is 6.10. The summed E-state index contributed by atoms with van der Waals surface area (Å²) in [6.45, 7) is 4.29. The zero-order valence-corrected chi connectivity index (χ0v) is 11.7. The maximum Gasteiger partial charge on any atom is 0.324 e. The molecule has 2 rings (SSSR count). The molecular weight excluding hydrogens is 270 g/mol. The lowest BCUT2D eigenvalue weighted by molar-refractivity contribution is -0.153. The fourth-order valence-corrected chi connectivity index (χ4v) is 3.81. The van der Waals surface area contributed by atoms with Crippen LogP contribution in [0.4, 0.5) is 0 Å². The van der Waals surface area contributed by atoms with E-state index in [1.54, 1.807) is 4.57 Å². The van der Waals surface area contributed by atoms with Gasteiger partial charge < -0.3 is 9.67 Å². The minimum absolute atomic E-state index is 0.0897. The van der Waals surface area contributed by atoms with Gasteiger partial charge >= 0.3 is 5.97 Å². The van der Waals surface area contributed by atoms with E-state index in [1.165, 1.54) is 19.4 Å². The van der Waals surface area contributed by atoms with Gasteiger partial charge in [-0.1, -0.05) is 6.92 Å². The van der Waals surface area contributed by atoms with Crippen molar-refractivity contribution in [1.82, 2.24) is 13.9 Å². The van der Waals surface area contributed by atoms with Gasteiger partial charge in [-0.05, 0) is 19.8 Å². The molecule has 0 aromatic carbocycles. The molecule has 1 unspecified atom stereocenters. The van der Waals surface area contributed by atoms with Gasteiger partial charge in [0.25, 0.3) is 10.0 Å². The highest BCUT2D eigenvalue weighted by atomic mass is 32.2. The smallest absolute Gasteiger partial charge is 0.324 e. The molecule has 1 fully saturated rings. The van der Waals surface area contributed by atoms with Gasteiger partial charge in [0, 0.05) is 19.3 Å². The lowest BCUT2D eigenvalue weighted by Gasteiger charge is -2.45. The molecule has 1 aromatic heterocycles. The van der Waals surface area contributed by atoms with E-state index in [-0.39, 0.29) is 11.6 Å². The second-order valence-corrected chi connectivity index (χ2v) is 6.67. The first kappa shape index (κ1) is 14.0. The van der Waals surface area contributed by atoms with Crippen molar-refractivity contribution in [3.63, 3.8) is 0 Å². The van der Waals surface area contributed by atoms with E-state index in [0.717, 1.165) is 10.7 Å². The zero-order valence-electron chi connectivity index (χ0n) is 10.9. The number of carboxylic acids is 1. The lowest BCUT2D eigenvalue weighted by Crippen LogP contribution is -2.64. The predicted octanol–water partition coefficient (Wildman–Crippen LogP) is 0.531. The zero-order chi connectivity index (χ0) is 14.3. The molecule has 8 heteroatoms. The monoisotopic (exact) mass is 287 g/mol. The van der Waals surface area contributed by atoms with Crippen LogP contribution in [0.3, 0.4) is 0 Å². The molecule has 0 spiro atoms. The van der Waals surface area contributed by atoms with Crippen LogP contribution in [-0.4, -0.2) is 45.4 Å². The number of rotatable bonds is 5. The molecule has 0 radical (unpaired) electrons. The summed E-state index contributed by atoms with van der Waals surface area (Å²) in [4.78, 5) is 15.0. The molecule has 19 heavy (non-hydrogen) atoms. The van der Waals surface area contributed by atoms with Crippen molar-refractivity contribution in [2.75, 3.05) is 6.54 Å². The predicted molar refractivity (Wildman–Crippen MR) is 67.1 cm³/mol. The van der Waals surface area contributed by atoms with Crippen LogP contribution in [0.25, 0.3) is 0 Å². The summed E-state index contributed by atoms with van der Waals surface area (Å²) >= 11 is 0. The van der Waals surface area contributed by atoms with Gasteiger partial charge in [0.2, 0.25) is 0 Å². The molecule has 7 nitrogen and oxygen atoms in total. The second kappa shape index (κ2) is 4.61. The van der Waals surface area contributed by atoms with E-state index in [1.807, 2.05) is 6.92 Å². The van der Waals surface area contributed by atoms with Gasteiger partial charge in [-0.2, -0.15) is 4.31 Å². The molecule has 1 N–H and O–H groups in total. The highest BCUT2D eigenvalue weighted by molar-refractivity contribution is 7.89. The summed E-state index contributed by atoms with van der Waals surface area (Å²) in [6, 6.07) is 0. The quantitative estimate of drug-likeness (QED) is 0.852. The Bertz CT molecular complexity index is 595. The van der Waals surface area contributed by atoms with Gasteiger partial charge in [0.1, 0.15) is 5.54 Å². The molecule has 0 saturated carbocycles. The third kappa shape index (κ3) is 2.14. The summed E-state index contributed by atoms with van der Waals surface area (Å²) in [5.41, 5.74) is -1.35. The van der Waals surface area contributed by atoms with Gasteiger partial charge in [0.05, 0.1) is 6.33 Å². The third-order valence-corrected chi connectivity index (χ3v) is 5.36. The van der Waals surface area contributed by atoms with Crippen LogP contribution >= 0.6 is 0 Å². The normalized spacial score (nSPS) is 24.1. The average molecular weight is 287 g/mol. The van der Waals surface area contributed by atoms with Crippen molar-refractivity contribution < 1.29 is 18.3 Å². The molecule has 0 amide bonds. The molecule has 106 valence electrons. The number of imidazole rings is 1. The SMILES string of the molecule is CCCn1cnc(S(=O)(=O)N2CCC2(C)C(=O)O)c1. The topological polar surface area (TPSA) is 92.5 Å². The maximum absolute atomic E-state index is 12.3. The van der Waals surface area contributed by atoms with Gasteiger partial charge in [0.15, 0.2) is 5.03 Å². The van der Waals surface area contributed by atoms with E-state index in [2.05, 4.69) is 4.98 Å². The molecule has 1 aliphatic rings. The summed E-state index contributed by atoms with van der Waals surface area (Å²) in [5.74, 6) is -1.13. The van der Waals surface area contributed by atoms with Crippen molar-refractivity contribution in [3.8, 4) is 0 Å². The lowest BCUT2D eigenvalue weighted by atomic mass is 9.90. The number of aryl methyl sites for hydroxylation is 1. The minimum Gasteiger partial charge on any atom is -0.480 e. The Morgan fingerprint density at radius 2 is 2.26 bits per heavy atom. The van der Waals surface area contributed by atoms with Gasteiger partial charge in [-0.25, -0.2) is 13.4 Å². The summed E-state index contributed by atoms with van der Waals surface area (Å²) in [5, 5.41) is 9.04. The molecule has 0 bridgehead atoms. The fraction of sp³-hybridized carbons (Fsp3) is 0.636. The van der Waals surface area contributed by atoms with E-state index < -0.39 is 21.5 Å². The Hall–Kier alpha value is -1.41. The molecule has 1 saturated heterocycles. The highest BCUT2D eigenvalue weighted by Gasteiger charge is 2.54. The number of carbonyl (C=O) groups is 1. The number of aliphatic carboxylic acids is 1. The number of hydrogen-bond acceptors (Lipinski definition) is 4. The van der Waals surface area contributed by atoms with Crippen LogP contribution < -0.4 is 0 Å². The third-order valence-electron chi connectivity index (χ3n) is 3.46. The Morgan fingerprint density at radius 3 is 2.74 bits per heavy atom. The largest absolute Gasteiger partial charge is 0.480 e. The molecular formula is C11H17N3O4S. The van der Waals surface area contributed by atoms with Crippen molar-refractivity contribution in [3.05, 3.63) is 12.5 Å². The maximum atomic E-state index is 12.3. The second-order valence-electron chi connectivity index (χ2n) is 4.86. The van der Waals surface area contributed by atoms with Crippen LogP contribution in [0, 0.1) is 0 Å².